The molecule has 0 aliphatic carbocycles. The van der Waals surface area contributed by atoms with Crippen LogP contribution < -0.4 is 15.8 Å². The fourth-order valence-electron chi connectivity index (χ4n) is 1.45. The summed E-state index contributed by atoms with van der Waals surface area (Å²) >= 11 is 0. The monoisotopic (exact) mass is 244 g/mol. The number of hydrogen-bond acceptors (Lipinski definition) is 5. The second kappa shape index (κ2) is 5.86. The van der Waals surface area contributed by atoms with E-state index in [9.17, 15) is 0 Å². The molecule has 0 unspecified atom stereocenters. The average Bonchev–Trinajstić information content (AvgIpc) is 2.37. The van der Waals surface area contributed by atoms with E-state index in [1.807, 2.05) is 37.3 Å². The number of aromatic nitrogens is 2. The number of nitrogens with one attached hydrogen (secondary N) is 1. The first-order valence-corrected chi connectivity index (χ1v) is 5.76. The number of benzene rings is 1. The van der Waals surface area contributed by atoms with Crippen LogP contribution in [0.1, 0.15) is 5.69 Å². The molecule has 0 radical (unpaired) electrons. The molecule has 0 aliphatic heterocycles. The van der Waals surface area contributed by atoms with E-state index in [2.05, 4.69) is 15.5 Å². The Bertz CT molecular complexity index is 499. The highest BCUT2D eigenvalue weighted by Crippen LogP contribution is 2.14. The van der Waals surface area contributed by atoms with Crippen molar-refractivity contribution in [2.45, 2.75) is 6.92 Å². The number of aryl methyl sites for hydroxylation is 1. The molecule has 3 N–H and O–H groups in total. The molecule has 94 valence electrons. The number of nitrogens with zero attached hydrogens (tertiary/aromatic N) is 2. The third-order valence-corrected chi connectivity index (χ3v) is 2.33. The van der Waals surface area contributed by atoms with E-state index in [0.29, 0.717) is 18.8 Å². The smallest absolute Gasteiger partial charge is 0.148 e. The lowest BCUT2D eigenvalue weighted by Gasteiger charge is -2.08. The minimum absolute atomic E-state index is 0.541. The quantitative estimate of drug-likeness (QED) is 0.620. The molecule has 0 saturated heterocycles. The molecule has 5 nitrogen and oxygen atoms in total. The van der Waals surface area contributed by atoms with E-state index < -0.39 is 0 Å². The Balaban J connectivity index is 1.74. The summed E-state index contributed by atoms with van der Waals surface area (Å²) in [7, 11) is 0. The third-order valence-electron chi connectivity index (χ3n) is 2.33. The molecule has 1 aromatic carbocycles. The molecule has 0 spiro atoms. The van der Waals surface area contributed by atoms with Gasteiger partial charge in [0.05, 0.1) is 12.2 Å². The minimum Gasteiger partial charge on any atom is -0.492 e. The SMILES string of the molecule is Cc1ccc(NCCOc2cccc(N)c2)nn1. The first-order chi connectivity index (χ1) is 8.74. The van der Waals surface area contributed by atoms with Gasteiger partial charge < -0.3 is 15.8 Å². The van der Waals surface area contributed by atoms with Gasteiger partial charge in [0.25, 0.3) is 0 Å². The van der Waals surface area contributed by atoms with Crippen molar-refractivity contribution in [3.05, 3.63) is 42.1 Å². The van der Waals surface area contributed by atoms with Crippen molar-refractivity contribution in [2.24, 2.45) is 0 Å². The van der Waals surface area contributed by atoms with E-state index in [1.54, 1.807) is 6.07 Å². The van der Waals surface area contributed by atoms with Crippen molar-refractivity contribution in [2.75, 3.05) is 24.2 Å². The van der Waals surface area contributed by atoms with Crippen molar-refractivity contribution in [1.82, 2.24) is 10.2 Å². The molecule has 5 heteroatoms. The van der Waals surface area contributed by atoms with Crippen LogP contribution in [-0.2, 0) is 0 Å². The summed E-state index contributed by atoms with van der Waals surface area (Å²) < 4.78 is 5.54. The zero-order valence-corrected chi connectivity index (χ0v) is 10.3. The predicted molar refractivity (Wildman–Crippen MR) is 71.6 cm³/mol. The second-order valence-electron chi connectivity index (χ2n) is 3.91. The average molecular weight is 244 g/mol. The Labute approximate surface area is 106 Å². The summed E-state index contributed by atoms with van der Waals surface area (Å²) in [5.74, 6) is 1.52. The van der Waals surface area contributed by atoms with Gasteiger partial charge in [-0.05, 0) is 31.2 Å². The molecule has 1 aromatic heterocycles. The van der Waals surface area contributed by atoms with E-state index in [1.165, 1.54) is 0 Å². The van der Waals surface area contributed by atoms with Crippen molar-refractivity contribution in [1.29, 1.82) is 0 Å². The minimum atomic E-state index is 0.541. The van der Waals surface area contributed by atoms with Gasteiger partial charge in [-0.1, -0.05) is 6.07 Å². The highest BCUT2D eigenvalue weighted by molar-refractivity contribution is 5.43. The van der Waals surface area contributed by atoms with Gasteiger partial charge in [0.1, 0.15) is 18.2 Å². The molecule has 0 atom stereocenters. The molecule has 18 heavy (non-hydrogen) atoms. The van der Waals surface area contributed by atoms with Crippen LogP contribution >= 0.6 is 0 Å². The van der Waals surface area contributed by atoms with E-state index in [4.69, 9.17) is 10.5 Å². The van der Waals surface area contributed by atoms with Crippen LogP contribution in [0.2, 0.25) is 0 Å². The Morgan fingerprint density at radius 1 is 1.22 bits per heavy atom. The van der Waals surface area contributed by atoms with Gasteiger partial charge in [0.2, 0.25) is 0 Å². The summed E-state index contributed by atoms with van der Waals surface area (Å²) in [6.07, 6.45) is 0. The van der Waals surface area contributed by atoms with Crippen molar-refractivity contribution >= 4 is 11.5 Å². The molecule has 0 bridgehead atoms. The Kier molecular flexibility index (Phi) is 3.96. The highest BCUT2D eigenvalue weighted by atomic mass is 16.5. The largest absolute Gasteiger partial charge is 0.492 e. The Morgan fingerprint density at radius 3 is 2.83 bits per heavy atom. The fourth-order valence-corrected chi connectivity index (χ4v) is 1.45. The summed E-state index contributed by atoms with van der Waals surface area (Å²) in [5, 5.41) is 11.1. The standard InChI is InChI=1S/C13H16N4O/c1-10-5-6-13(17-16-10)15-7-8-18-12-4-2-3-11(14)9-12/h2-6,9H,7-8,14H2,1H3,(H,15,17). The highest BCUT2D eigenvalue weighted by Gasteiger charge is 1.96. The van der Waals surface area contributed by atoms with Crippen LogP contribution in [0.4, 0.5) is 11.5 Å². The third kappa shape index (κ3) is 3.62. The van der Waals surface area contributed by atoms with Crippen molar-refractivity contribution in [3.8, 4) is 5.75 Å². The van der Waals surface area contributed by atoms with Gasteiger partial charge in [-0.25, -0.2) is 0 Å². The lowest BCUT2D eigenvalue weighted by atomic mass is 10.3. The molecular weight excluding hydrogens is 228 g/mol. The molecular formula is C13H16N4O. The van der Waals surface area contributed by atoms with E-state index in [0.717, 1.165) is 17.3 Å². The maximum atomic E-state index is 5.65. The number of rotatable bonds is 5. The van der Waals surface area contributed by atoms with E-state index in [-0.39, 0.29) is 0 Å². The molecule has 0 aliphatic rings. The van der Waals surface area contributed by atoms with Gasteiger partial charge in [0, 0.05) is 11.8 Å². The van der Waals surface area contributed by atoms with Gasteiger partial charge >= 0.3 is 0 Å². The van der Waals surface area contributed by atoms with Gasteiger partial charge in [0.15, 0.2) is 0 Å². The van der Waals surface area contributed by atoms with Crippen molar-refractivity contribution < 1.29 is 4.74 Å². The van der Waals surface area contributed by atoms with Crippen LogP contribution in [0.3, 0.4) is 0 Å². The molecule has 0 fully saturated rings. The molecule has 2 rings (SSSR count). The zero-order valence-electron chi connectivity index (χ0n) is 10.3. The second-order valence-corrected chi connectivity index (χ2v) is 3.91. The van der Waals surface area contributed by atoms with Crippen LogP contribution in [0.15, 0.2) is 36.4 Å². The van der Waals surface area contributed by atoms with Crippen molar-refractivity contribution in [3.63, 3.8) is 0 Å². The molecule has 0 amide bonds. The summed E-state index contributed by atoms with van der Waals surface area (Å²) in [4.78, 5) is 0. The zero-order chi connectivity index (χ0) is 12.8. The van der Waals surface area contributed by atoms with Crippen LogP contribution in [0.25, 0.3) is 0 Å². The van der Waals surface area contributed by atoms with Crippen LogP contribution in [0.5, 0.6) is 5.75 Å². The summed E-state index contributed by atoms with van der Waals surface area (Å²) in [6, 6.07) is 11.2. The Hall–Kier alpha value is -2.30. The van der Waals surface area contributed by atoms with Crippen LogP contribution in [-0.4, -0.2) is 23.3 Å². The summed E-state index contributed by atoms with van der Waals surface area (Å²) in [5.41, 5.74) is 7.25. The lowest BCUT2D eigenvalue weighted by Crippen LogP contribution is -2.12. The normalized spacial score (nSPS) is 10.1. The van der Waals surface area contributed by atoms with E-state index >= 15 is 0 Å². The number of nitrogen functional groups attached to an aromatic ring is 1. The molecule has 1 heterocycles. The predicted octanol–water partition coefficient (Wildman–Crippen LogP) is 1.86. The van der Waals surface area contributed by atoms with Gasteiger partial charge in [-0.2, -0.15) is 5.10 Å². The first-order valence-electron chi connectivity index (χ1n) is 5.76. The van der Waals surface area contributed by atoms with Crippen LogP contribution in [0, 0.1) is 6.92 Å². The molecule has 0 saturated carbocycles. The topological polar surface area (TPSA) is 73.1 Å². The number of hydrogen-bond donors (Lipinski definition) is 2. The number of anilines is 2. The number of ether oxygens (including phenoxy) is 1. The fraction of sp³-hybridized carbons (Fsp3) is 0.231. The number of nitrogens with two attached hydrogens (primary N) is 1. The molecule has 2 aromatic rings. The van der Waals surface area contributed by atoms with Gasteiger partial charge in [-0.15, -0.1) is 5.10 Å². The Morgan fingerprint density at radius 2 is 2.11 bits per heavy atom. The first kappa shape index (κ1) is 12.2. The lowest BCUT2D eigenvalue weighted by molar-refractivity contribution is 0.333. The van der Waals surface area contributed by atoms with Gasteiger partial charge in [-0.3, -0.25) is 0 Å². The summed E-state index contributed by atoms with van der Waals surface area (Å²) in [6.45, 7) is 3.10. The maximum absolute atomic E-state index is 5.65. The maximum Gasteiger partial charge on any atom is 0.148 e.